The van der Waals surface area contributed by atoms with E-state index < -0.39 is 12.1 Å². The molecular weight excluding hydrogens is 198 g/mol. The molecule has 0 amide bonds. The fraction of sp³-hybridized carbons (Fsp3) is 0.300. The van der Waals surface area contributed by atoms with Gasteiger partial charge < -0.3 is 9.84 Å². The zero-order valence-corrected chi connectivity index (χ0v) is 8.21. The maximum absolute atomic E-state index is 11.5. The van der Waals surface area contributed by atoms with Gasteiger partial charge in [0, 0.05) is 24.4 Å². The number of aliphatic hydroxyl groups excluding tert-OH is 1. The summed E-state index contributed by atoms with van der Waals surface area (Å²) in [6.07, 6.45) is 1.21. The topological polar surface area (TPSA) is 76.5 Å². The smallest absolute Gasteiger partial charge is 0.335 e. The van der Waals surface area contributed by atoms with Crippen LogP contribution in [0.1, 0.15) is 16.8 Å². The standard InChI is InChI=1S/C10H11NO4/c1-15-10(14)9(13)5-8(12)7-3-2-4-11-6-7/h2-4,6,9,13H,5H2,1H3. The third-order valence-electron chi connectivity index (χ3n) is 1.84. The van der Waals surface area contributed by atoms with Crippen molar-refractivity contribution in [1.29, 1.82) is 0 Å². The van der Waals surface area contributed by atoms with Crippen molar-refractivity contribution >= 4 is 11.8 Å². The quantitative estimate of drug-likeness (QED) is 0.565. The fourth-order valence-corrected chi connectivity index (χ4v) is 1.04. The van der Waals surface area contributed by atoms with Gasteiger partial charge in [0.15, 0.2) is 11.9 Å². The first-order valence-electron chi connectivity index (χ1n) is 4.34. The van der Waals surface area contributed by atoms with Gasteiger partial charge in [-0.2, -0.15) is 0 Å². The summed E-state index contributed by atoms with van der Waals surface area (Å²) in [7, 11) is 1.15. The van der Waals surface area contributed by atoms with Gasteiger partial charge in [0.2, 0.25) is 0 Å². The molecule has 0 saturated carbocycles. The lowest BCUT2D eigenvalue weighted by Gasteiger charge is -2.06. The zero-order valence-electron chi connectivity index (χ0n) is 8.21. The first-order valence-corrected chi connectivity index (χ1v) is 4.34. The van der Waals surface area contributed by atoms with Crippen LogP contribution in [0.15, 0.2) is 24.5 Å². The number of pyridine rings is 1. The van der Waals surface area contributed by atoms with Gasteiger partial charge in [-0.25, -0.2) is 4.79 Å². The lowest BCUT2D eigenvalue weighted by Crippen LogP contribution is -2.25. The van der Waals surface area contributed by atoms with Crippen LogP contribution in [0.5, 0.6) is 0 Å². The molecule has 1 aromatic heterocycles. The Morgan fingerprint density at radius 1 is 1.60 bits per heavy atom. The zero-order chi connectivity index (χ0) is 11.3. The number of nitrogens with zero attached hydrogens (tertiary/aromatic N) is 1. The van der Waals surface area contributed by atoms with Gasteiger partial charge in [-0.15, -0.1) is 0 Å². The molecule has 5 nitrogen and oxygen atoms in total. The number of carbonyl (C=O) groups excluding carboxylic acids is 2. The number of aliphatic hydroxyl groups is 1. The molecule has 15 heavy (non-hydrogen) atoms. The number of esters is 1. The van der Waals surface area contributed by atoms with Crippen LogP contribution in [0.4, 0.5) is 0 Å². The molecule has 0 radical (unpaired) electrons. The van der Waals surface area contributed by atoms with Crippen molar-refractivity contribution < 1.29 is 19.4 Å². The average Bonchev–Trinajstić information content (AvgIpc) is 2.29. The molecule has 80 valence electrons. The minimum Gasteiger partial charge on any atom is -0.467 e. The van der Waals surface area contributed by atoms with E-state index in [9.17, 15) is 14.7 Å². The molecule has 1 rings (SSSR count). The Labute approximate surface area is 86.7 Å². The first-order chi connectivity index (χ1) is 7.15. The minimum absolute atomic E-state index is 0.293. The number of rotatable bonds is 4. The summed E-state index contributed by atoms with van der Waals surface area (Å²) in [5.41, 5.74) is 0.362. The number of ketones is 1. The van der Waals surface area contributed by atoms with Crippen LogP contribution in [-0.4, -0.2) is 35.1 Å². The highest BCUT2D eigenvalue weighted by molar-refractivity contribution is 5.98. The molecule has 0 aliphatic rings. The van der Waals surface area contributed by atoms with Gasteiger partial charge in [-0.05, 0) is 12.1 Å². The van der Waals surface area contributed by atoms with E-state index in [-0.39, 0.29) is 12.2 Å². The molecule has 0 aliphatic carbocycles. The minimum atomic E-state index is -1.41. The van der Waals surface area contributed by atoms with Crippen molar-refractivity contribution in [3.8, 4) is 0 Å². The molecule has 1 heterocycles. The van der Waals surface area contributed by atoms with Crippen molar-refractivity contribution in [2.45, 2.75) is 12.5 Å². The number of carbonyl (C=O) groups is 2. The van der Waals surface area contributed by atoms with E-state index in [1.165, 1.54) is 12.4 Å². The summed E-state index contributed by atoms with van der Waals surface area (Å²) < 4.78 is 4.29. The van der Waals surface area contributed by atoms with E-state index >= 15 is 0 Å². The molecule has 0 bridgehead atoms. The van der Waals surface area contributed by atoms with Crippen LogP contribution in [-0.2, 0) is 9.53 Å². The maximum atomic E-state index is 11.5. The summed E-state index contributed by atoms with van der Waals surface area (Å²) in [6, 6.07) is 3.18. The third kappa shape index (κ3) is 3.14. The Hall–Kier alpha value is -1.75. The Balaban J connectivity index is 2.61. The van der Waals surface area contributed by atoms with Crippen LogP contribution in [0, 0.1) is 0 Å². The molecule has 1 unspecified atom stereocenters. The summed E-state index contributed by atoms with van der Waals surface area (Å²) in [5.74, 6) is -1.16. The average molecular weight is 209 g/mol. The van der Waals surface area contributed by atoms with E-state index in [0.29, 0.717) is 5.56 Å². The van der Waals surface area contributed by atoms with Crippen LogP contribution < -0.4 is 0 Å². The third-order valence-corrected chi connectivity index (χ3v) is 1.84. The van der Waals surface area contributed by atoms with Crippen molar-refractivity contribution in [3.05, 3.63) is 30.1 Å². The number of ether oxygens (including phenoxy) is 1. The lowest BCUT2D eigenvalue weighted by molar-refractivity contribution is -0.150. The van der Waals surface area contributed by atoms with Gasteiger partial charge >= 0.3 is 5.97 Å². The largest absolute Gasteiger partial charge is 0.467 e. The summed E-state index contributed by atoms with van der Waals surface area (Å²) >= 11 is 0. The molecule has 1 N–H and O–H groups in total. The predicted molar refractivity (Wildman–Crippen MR) is 51.2 cm³/mol. The molecule has 0 fully saturated rings. The van der Waals surface area contributed by atoms with E-state index in [0.717, 1.165) is 7.11 Å². The summed E-state index contributed by atoms with van der Waals surface area (Å²) in [4.78, 5) is 26.1. The van der Waals surface area contributed by atoms with E-state index in [1.54, 1.807) is 12.1 Å². The lowest BCUT2D eigenvalue weighted by atomic mass is 10.1. The van der Waals surface area contributed by atoms with Crippen LogP contribution in [0.3, 0.4) is 0 Å². The van der Waals surface area contributed by atoms with Gasteiger partial charge in [0.25, 0.3) is 0 Å². The van der Waals surface area contributed by atoms with Crippen molar-refractivity contribution in [1.82, 2.24) is 4.98 Å². The number of methoxy groups -OCH3 is 1. The predicted octanol–water partition coefficient (Wildman–Crippen LogP) is 0.188. The summed E-state index contributed by atoms with van der Waals surface area (Å²) in [5, 5.41) is 9.23. The Morgan fingerprint density at radius 3 is 2.87 bits per heavy atom. The fourth-order valence-electron chi connectivity index (χ4n) is 1.04. The Kier molecular flexibility index (Phi) is 3.93. The van der Waals surface area contributed by atoms with E-state index in [2.05, 4.69) is 9.72 Å². The molecule has 0 saturated heterocycles. The van der Waals surface area contributed by atoms with Gasteiger partial charge in [0.05, 0.1) is 7.11 Å². The van der Waals surface area contributed by atoms with Crippen molar-refractivity contribution in [3.63, 3.8) is 0 Å². The maximum Gasteiger partial charge on any atom is 0.335 e. The monoisotopic (exact) mass is 209 g/mol. The van der Waals surface area contributed by atoms with Crippen molar-refractivity contribution in [2.24, 2.45) is 0 Å². The second kappa shape index (κ2) is 5.21. The highest BCUT2D eigenvalue weighted by atomic mass is 16.5. The highest BCUT2D eigenvalue weighted by Crippen LogP contribution is 2.04. The molecule has 0 spiro atoms. The summed E-state index contributed by atoms with van der Waals surface area (Å²) in [6.45, 7) is 0. The van der Waals surface area contributed by atoms with E-state index in [1.807, 2.05) is 0 Å². The second-order valence-electron chi connectivity index (χ2n) is 2.91. The molecule has 5 heteroatoms. The Bertz CT molecular complexity index is 350. The van der Waals surface area contributed by atoms with Crippen LogP contribution >= 0.6 is 0 Å². The molecule has 0 aliphatic heterocycles. The normalized spacial score (nSPS) is 11.9. The molecule has 1 atom stereocenters. The Morgan fingerprint density at radius 2 is 2.33 bits per heavy atom. The van der Waals surface area contributed by atoms with Gasteiger partial charge in [-0.1, -0.05) is 0 Å². The van der Waals surface area contributed by atoms with E-state index in [4.69, 9.17) is 0 Å². The highest BCUT2D eigenvalue weighted by Gasteiger charge is 2.20. The first kappa shape index (κ1) is 11.3. The number of hydrogen-bond acceptors (Lipinski definition) is 5. The molecule has 1 aromatic rings. The molecular formula is C10H11NO4. The molecule has 0 aromatic carbocycles. The van der Waals surface area contributed by atoms with Crippen molar-refractivity contribution in [2.75, 3.05) is 7.11 Å². The number of aromatic nitrogens is 1. The number of hydrogen-bond donors (Lipinski definition) is 1. The SMILES string of the molecule is COC(=O)C(O)CC(=O)c1cccnc1. The second-order valence-corrected chi connectivity index (χ2v) is 2.91. The van der Waals surface area contributed by atoms with Gasteiger partial charge in [0.1, 0.15) is 0 Å². The van der Waals surface area contributed by atoms with Gasteiger partial charge in [-0.3, -0.25) is 9.78 Å². The van der Waals surface area contributed by atoms with Crippen LogP contribution in [0.2, 0.25) is 0 Å². The van der Waals surface area contributed by atoms with Crippen LogP contribution in [0.25, 0.3) is 0 Å². The number of Topliss-reactive ketones (excluding diaryl/α,β-unsaturated/α-hetero) is 1.